The molecular weight excluding hydrogens is 237 g/mol. The summed E-state index contributed by atoms with van der Waals surface area (Å²) in [6, 6.07) is 6.19. The summed E-state index contributed by atoms with van der Waals surface area (Å²) >= 11 is 0. The Hall–Kier alpha value is -1.62. The first-order valence-electron chi connectivity index (χ1n) is 5.92. The molecule has 0 amide bonds. The minimum Gasteiger partial charge on any atom is -0.490 e. The van der Waals surface area contributed by atoms with Crippen molar-refractivity contribution in [3.05, 3.63) is 29.8 Å². The SMILES string of the molecule is N[C@@H](Cc1ccc(OC2CC(F)C2)cc1)C(=O)O. The van der Waals surface area contributed by atoms with Gasteiger partial charge in [-0.1, -0.05) is 12.1 Å². The molecule has 98 valence electrons. The average Bonchev–Trinajstić information content (AvgIpc) is 2.29. The summed E-state index contributed by atoms with van der Waals surface area (Å²) in [6.45, 7) is 0. The maximum absolute atomic E-state index is 12.6. The Balaban J connectivity index is 1.87. The van der Waals surface area contributed by atoms with Crippen LogP contribution in [0.25, 0.3) is 0 Å². The first-order chi connectivity index (χ1) is 8.54. The molecule has 1 aliphatic rings. The van der Waals surface area contributed by atoms with E-state index in [-0.39, 0.29) is 12.5 Å². The highest BCUT2D eigenvalue weighted by molar-refractivity contribution is 5.73. The maximum Gasteiger partial charge on any atom is 0.320 e. The van der Waals surface area contributed by atoms with E-state index in [1.54, 1.807) is 24.3 Å². The molecule has 1 fully saturated rings. The van der Waals surface area contributed by atoms with Gasteiger partial charge in [0.2, 0.25) is 0 Å². The van der Waals surface area contributed by atoms with Gasteiger partial charge in [-0.15, -0.1) is 0 Å². The van der Waals surface area contributed by atoms with Gasteiger partial charge in [-0.2, -0.15) is 0 Å². The zero-order valence-electron chi connectivity index (χ0n) is 9.88. The quantitative estimate of drug-likeness (QED) is 0.834. The Bertz CT molecular complexity index is 415. The number of hydrogen-bond donors (Lipinski definition) is 2. The molecule has 18 heavy (non-hydrogen) atoms. The Morgan fingerprint density at radius 1 is 1.44 bits per heavy atom. The van der Waals surface area contributed by atoms with Crippen LogP contribution in [0.5, 0.6) is 5.75 Å². The molecule has 4 nitrogen and oxygen atoms in total. The molecule has 1 saturated carbocycles. The lowest BCUT2D eigenvalue weighted by atomic mass is 9.93. The zero-order valence-corrected chi connectivity index (χ0v) is 9.88. The predicted molar refractivity (Wildman–Crippen MR) is 64.3 cm³/mol. The van der Waals surface area contributed by atoms with Crippen molar-refractivity contribution in [3.8, 4) is 5.75 Å². The molecule has 1 atom stereocenters. The summed E-state index contributed by atoms with van der Waals surface area (Å²) < 4.78 is 18.1. The zero-order chi connectivity index (χ0) is 13.1. The Labute approximate surface area is 105 Å². The summed E-state index contributed by atoms with van der Waals surface area (Å²) in [7, 11) is 0. The average molecular weight is 253 g/mol. The third-order valence-corrected chi connectivity index (χ3v) is 3.04. The van der Waals surface area contributed by atoms with Crippen molar-refractivity contribution in [2.45, 2.75) is 37.6 Å². The number of alkyl halides is 1. The first-order valence-corrected chi connectivity index (χ1v) is 5.92. The molecule has 0 radical (unpaired) electrons. The molecule has 0 unspecified atom stereocenters. The number of benzene rings is 1. The first kappa shape index (κ1) is 12.8. The normalized spacial score (nSPS) is 24.1. The lowest BCUT2D eigenvalue weighted by Gasteiger charge is -2.30. The monoisotopic (exact) mass is 253 g/mol. The number of ether oxygens (including phenoxy) is 1. The van der Waals surface area contributed by atoms with E-state index in [4.69, 9.17) is 15.6 Å². The summed E-state index contributed by atoms with van der Waals surface area (Å²) in [5.41, 5.74) is 6.28. The summed E-state index contributed by atoms with van der Waals surface area (Å²) in [6.07, 6.45) is 0.415. The smallest absolute Gasteiger partial charge is 0.320 e. The second-order valence-electron chi connectivity index (χ2n) is 4.60. The molecule has 5 heteroatoms. The molecule has 0 aliphatic heterocycles. The van der Waals surface area contributed by atoms with Crippen LogP contribution in [-0.4, -0.2) is 29.4 Å². The molecule has 0 saturated heterocycles. The Kier molecular flexibility index (Phi) is 3.81. The van der Waals surface area contributed by atoms with Crippen LogP contribution < -0.4 is 10.5 Å². The third kappa shape index (κ3) is 3.20. The molecule has 0 bridgehead atoms. The molecule has 1 aromatic carbocycles. The molecule has 3 N–H and O–H groups in total. The number of rotatable bonds is 5. The molecular formula is C13H16FNO3. The van der Waals surface area contributed by atoms with Crippen molar-refractivity contribution in [1.82, 2.24) is 0 Å². The fourth-order valence-electron chi connectivity index (χ4n) is 1.84. The third-order valence-electron chi connectivity index (χ3n) is 3.04. The number of halogens is 1. The number of hydrogen-bond acceptors (Lipinski definition) is 3. The standard InChI is InChI=1S/C13H16FNO3/c14-9-6-11(7-9)18-10-3-1-8(2-4-10)5-12(15)13(16)17/h1-4,9,11-12H,5-7,15H2,(H,16,17)/t9?,11?,12-/m0/s1. The van der Waals surface area contributed by atoms with E-state index in [9.17, 15) is 9.18 Å². The number of carboxylic acids is 1. The molecule has 0 heterocycles. The van der Waals surface area contributed by atoms with Crippen LogP contribution in [0.2, 0.25) is 0 Å². The maximum atomic E-state index is 12.6. The van der Waals surface area contributed by atoms with Crippen molar-refractivity contribution in [3.63, 3.8) is 0 Å². The van der Waals surface area contributed by atoms with Gasteiger partial charge in [-0.05, 0) is 24.1 Å². The van der Waals surface area contributed by atoms with Crippen LogP contribution in [0.1, 0.15) is 18.4 Å². The van der Waals surface area contributed by atoms with Gasteiger partial charge in [0.1, 0.15) is 24.1 Å². The highest BCUT2D eigenvalue weighted by atomic mass is 19.1. The summed E-state index contributed by atoms with van der Waals surface area (Å²) in [4.78, 5) is 10.6. The second kappa shape index (κ2) is 5.35. The van der Waals surface area contributed by atoms with E-state index in [0.29, 0.717) is 18.6 Å². The van der Waals surface area contributed by atoms with Crippen LogP contribution >= 0.6 is 0 Å². The van der Waals surface area contributed by atoms with Gasteiger partial charge in [0.05, 0.1) is 0 Å². The van der Waals surface area contributed by atoms with E-state index in [1.165, 1.54) is 0 Å². The van der Waals surface area contributed by atoms with E-state index >= 15 is 0 Å². The minimum atomic E-state index is -1.02. The number of nitrogens with two attached hydrogens (primary N) is 1. The van der Waals surface area contributed by atoms with Crippen molar-refractivity contribution in [2.75, 3.05) is 0 Å². The largest absolute Gasteiger partial charge is 0.490 e. The molecule has 1 aromatic rings. The van der Waals surface area contributed by atoms with Crippen LogP contribution in [-0.2, 0) is 11.2 Å². The summed E-state index contributed by atoms with van der Waals surface area (Å²) in [5.74, 6) is -0.335. The van der Waals surface area contributed by atoms with Crippen LogP contribution in [0.3, 0.4) is 0 Å². The molecule has 1 aliphatic carbocycles. The molecule has 0 spiro atoms. The highest BCUT2D eigenvalue weighted by Crippen LogP contribution is 2.28. The van der Waals surface area contributed by atoms with Crippen molar-refractivity contribution < 1.29 is 19.0 Å². The number of carbonyl (C=O) groups is 1. The predicted octanol–water partition coefficient (Wildman–Crippen LogP) is 1.52. The summed E-state index contributed by atoms with van der Waals surface area (Å²) in [5, 5.41) is 8.70. The fourth-order valence-corrected chi connectivity index (χ4v) is 1.84. The molecule has 2 rings (SSSR count). The van der Waals surface area contributed by atoms with Gasteiger partial charge in [-0.25, -0.2) is 4.39 Å². The van der Waals surface area contributed by atoms with Crippen LogP contribution in [0.15, 0.2) is 24.3 Å². The van der Waals surface area contributed by atoms with E-state index < -0.39 is 18.2 Å². The minimum absolute atomic E-state index is 0.0351. The van der Waals surface area contributed by atoms with Crippen LogP contribution in [0.4, 0.5) is 4.39 Å². The topological polar surface area (TPSA) is 72.5 Å². The second-order valence-corrected chi connectivity index (χ2v) is 4.60. The van der Waals surface area contributed by atoms with Crippen LogP contribution in [0, 0.1) is 0 Å². The van der Waals surface area contributed by atoms with Gasteiger partial charge < -0.3 is 15.6 Å². The molecule has 0 aromatic heterocycles. The van der Waals surface area contributed by atoms with Gasteiger partial charge >= 0.3 is 5.97 Å². The van der Waals surface area contributed by atoms with Gasteiger partial charge in [-0.3, -0.25) is 4.79 Å². The van der Waals surface area contributed by atoms with E-state index in [0.717, 1.165) is 5.56 Å². The highest BCUT2D eigenvalue weighted by Gasteiger charge is 2.30. The van der Waals surface area contributed by atoms with Crippen molar-refractivity contribution >= 4 is 5.97 Å². The Morgan fingerprint density at radius 3 is 2.56 bits per heavy atom. The lowest BCUT2D eigenvalue weighted by Crippen LogP contribution is -2.34. The Morgan fingerprint density at radius 2 is 2.06 bits per heavy atom. The van der Waals surface area contributed by atoms with E-state index in [2.05, 4.69) is 0 Å². The number of aliphatic carboxylic acids is 1. The van der Waals surface area contributed by atoms with Gasteiger partial charge in [0.25, 0.3) is 0 Å². The van der Waals surface area contributed by atoms with Gasteiger partial charge in [0, 0.05) is 12.8 Å². The van der Waals surface area contributed by atoms with Gasteiger partial charge in [0.15, 0.2) is 0 Å². The van der Waals surface area contributed by atoms with Crippen molar-refractivity contribution in [2.24, 2.45) is 5.73 Å². The fraction of sp³-hybridized carbons (Fsp3) is 0.462. The lowest BCUT2D eigenvalue weighted by molar-refractivity contribution is -0.138. The van der Waals surface area contributed by atoms with Crippen molar-refractivity contribution in [1.29, 1.82) is 0 Å². The van der Waals surface area contributed by atoms with E-state index in [1.807, 2.05) is 0 Å². The number of carboxylic acid groups (broad SMARTS) is 1.